The molecule has 1 rings (SSSR count). The quantitative estimate of drug-likeness (QED) is 0.825. The zero-order valence-corrected chi connectivity index (χ0v) is 10.1. The Labute approximate surface area is 91.1 Å². The lowest BCUT2D eigenvalue weighted by Crippen LogP contribution is -2.11. The van der Waals surface area contributed by atoms with E-state index in [-0.39, 0.29) is 6.10 Å². The topological polar surface area (TPSA) is 47.0 Å². The molecule has 0 saturated heterocycles. The summed E-state index contributed by atoms with van der Waals surface area (Å²) in [6.45, 7) is 7.98. The first-order valence-electron chi connectivity index (χ1n) is 5.30. The molecule has 0 amide bonds. The molecule has 15 heavy (non-hydrogen) atoms. The molecule has 0 spiro atoms. The maximum Gasteiger partial charge on any atom is 0.222 e. The van der Waals surface area contributed by atoms with Crippen molar-refractivity contribution in [2.75, 3.05) is 12.4 Å². The lowest BCUT2D eigenvalue weighted by Gasteiger charge is -2.14. The van der Waals surface area contributed by atoms with Gasteiger partial charge in [-0.25, -0.2) is 4.98 Å². The summed E-state index contributed by atoms with van der Waals surface area (Å²) in [5, 5.41) is 3.05. The molecule has 0 fully saturated rings. The van der Waals surface area contributed by atoms with Crippen molar-refractivity contribution in [1.82, 2.24) is 9.97 Å². The highest BCUT2D eigenvalue weighted by Crippen LogP contribution is 2.22. The van der Waals surface area contributed by atoms with Crippen LogP contribution in [0.25, 0.3) is 0 Å². The predicted molar refractivity (Wildman–Crippen MR) is 61.5 cm³/mol. The first kappa shape index (κ1) is 11.8. The second kappa shape index (κ2) is 4.96. The molecular formula is C11H19N3O. The van der Waals surface area contributed by atoms with Crippen LogP contribution in [-0.2, 0) is 6.42 Å². The van der Waals surface area contributed by atoms with Gasteiger partial charge in [0.2, 0.25) is 5.88 Å². The van der Waals surface area contributed by atoms with Gasteiger partial charge in [-0.1, -0.05) is 6.92 Å². The zero-order chi connectivity index (χ0) is 11.4. The lowest BCUT2D eigenvalue weighted by atomic mass is 10.3. The molecule has 0 radical (unpaired) electrons. The van der Waals surface area contributed by atoms with E-state index in [1.165, 1.54) is 0 Å². The molecule has 0 aromatic carbocycles. The molecule has 1 aromatic heterocycles. The third kappa shape index (κ3) is 2.81. The number of anilines is 1. The minimum absolute atomic E-state index is 0.132. The third-order valence-corrected chi connectivity index (χ3v) is 2.05. The van der Waals surface area contributed by atoms with Crippen LogP contribution in [0.2, 0.25) is 0 Å². The second-order valence-electron chi connectivity index (χ2n) is 3.69. The maximum atomic E-state index is 5.64. The molecule has 4 nitrogen and oxygen atoms in total. The van der Waals surface area contributed by atoms with Gasteiger partial charge in [-0.15, -0.1) is 0 Å². The van der Waals surface area contributed by atoms with Crippen LogP contribution in [0.3, 0.4) is 0 Å². The van der Waals surface area contributed by atoms with Crippen LogP contribution in [-0.4, -0.2) is 23.1 Å². The molecule has 1 N–H and O–H groups in total. The van der Waals surface area contributed by atoms with Gasteiger partial charge in [0, 0.05) is 13.5 Å². The molecule has 0 saturated carbocycles. The van der Waals surface area contributed by atoms with Crippen molar-refractivity contribution >= 4 is 5.82 Å². The number of nitrogens with zero attached hydrogens (tertiary/aromatic N) is 2. The smallest absolute Gasteiger partial charge is 0.222 e. The highest BCUT2D eigenvalue weighted by Gasteiger charge is 2.11. The molecule has 0 unspecified atom stereocenters. The van der Waals surface area contributed by atoms with Crippen LogP contribution in [0, 0.1) is 6.92 Å². The van der Waals surface area contributed by atoms with Crippen LogP contribution in [0.4, 0.5) is 5.82 Å². The first-order chi connectivity index (χ1) is 7.08. The largest absolute Gasteiger partial charge is 0.475 e. The van der Waals surface area contributed by atoms with Crippen molar-refractivity contribution in [3.8, 4) is 5.88 Å². The van der Waals surface area contributed by atoms with E-state index >= 15 is 0 Å². The van der Waals surface area contributed by atoms with Crippen LogP contribution in [0.5, 0.6) is 5.88 Å². The second-order valence-corrected chi connectivity index (χ2v) is 3.69. The summed E-state index contributed by atoms with van der Waals surface area (Å²) in [6.07, 6.45) is 0.941. The Morgan fingerprint density at radius 1 is 1.33 bits per heavy atom. The standard InChI is InChI=1S/C11H19N3O/c1-6-9-13-10(12-5)8(4)11(14-9)15-7(2)3/h7H,6H2,1-5H3,(H,12,13,14). The molecule has 1 heterocycles. The van der Waals surface area contributed by atoms with E-state index in [2.05, 4.69) is 15.3 Å². The fourth-order valence-corrected chi connectivity index (χ4v) is 1.28. The Morgan fingerprint density at radius 3 is 2.47 bits per heavy atom. The Hall–Kier alpha value is -1.32. The molecule has 0 aliphatic carbocycles. The van der Waals surface area contributed by atoms with Gasteiger partial charge in [0.1, 0.15) is 11.6 Å². The molecule has 84 valence electrons. The van der Waals surface area contributed by atoms with Crippen molar-refractivity contribution < 1.29 is 4.74 Å². The summed E-state index contributed by atoms with van der Waals surface area (Å²) in [5.41, 5.74) is 0.961. The summed E-state index contributed by atoms with van der Waals surface area (Å²) in [7, 11) is 1.86. The van der Waals surface area contributed by atoms with E-state index in [1.807, 2.05) is 34.7 Å². The van der Waals surface area contributed by atoms with E-state index < -0.39 is 0 Å². The van der Waals surface area contributed by atoms with Crippen LogP contribution >= 0.6 is 0 Å². The summed E-state index contributed by atoms with van der Waals surface area (Å²) in [5.74, 6) is 2.33. The van der Waals surface area contributed by atoms with Crippen molar-refractivity contribution in [2.24, 2.45) is 0 Å². The van der Waals surface area contributed by atoms with Gasteiger partial charge in [0.15, 0.2) is 0 Å². The molecule has 4 heteroatoms. The van der Waals surface area contributed by atoms with Gasteiger partial charge in [-0.2, -0.15) is 4.98 Å². The summed E-state index contributed by atoms with van der Waals surface area (Å²) < 4.78 is 5.64. The third-order valence-electron chi connectivity index (χ3n) is 2.05. The summed E-state index contributed by atoms with van der Waals surface area (Å²) in [4.78, 5) is 8.74. The van der Waals surface area contributed by atoms with Crippen molar-refractivity contribution in [1.29, 1.82) is 0 Å². The Kier molecular flexibility index (Phi) is 3.88. The number of aromatic nitrogens is 2. The average Bonchev–Trinajstić information content (AvgIpc) is 2.20. The minimum atomic E-state index is 0.132. The fraction of sp³-hybridized carbons (Fsp3) is 0.636. The van der Waals surface area contributed by atoms with E-state index in [9.17, 15) is 0 Å². The maximum absolute atomic E-state index is 5.64. The number of hydrogen-bond donors (Lipinski definition) is 1. The molecule has 0 bridgehead atoms. The number of aryl methyl sites for hydroxylation is 1. The monoisotopic (exact) mass is 209 g/mol. The van der Waals surface area contributed by atoms with Gasteiger partial charge < -0.3 is 10.1 Å². The first-order valence-corrected chi connectivity index (χ1v) is 5.30. The van der Waals surface area contributed by atoms with Crippen LogP contribution in [0.1, 0.15) is 32.2 Å². The Morgan fingerprint density at radius 2 is 2.00 bits per heavy atom. The zero-order valence-electron chi connectivity index (χ0n) is 10.1. The average molecular weight is 209 g/mol. The summed E-state index contributed by atoms with van der Waals surface area (Å²) >= 11 is 0. The van der Waals surface area contributed by atoms with Crippen molar-refractivity contribution in [3.63, 3.8) is 0 Å². The number of nitrogens with one attached hydrogen (secondary N) is 1. The fourth-order valence-electron chi connectivity index (χ4n) is 1.28. The van der Waals surface area contributed by atoms with Crippen molar-refractivity contribution in [3.05, 3.63) is 11.4 Å². The SMILES string of the molecule is CCc1nc(NC)c(C)c(OC(C)C)n1. The van der Waals surface area contributed by atoms with Gasteiger partial charge in [0.25, 0.3) is 0 Å². The van der Waals surface area contributed by atoms with Gasteiger partial charge in [0.05, 0.1) is 11.7 Å². The van der Waals surface area contributed by atoms with Crippen molar-refractivity contribution in [2.45, 2.75) is 40.2 Å². The molecule has 0 aliphatic heterocycles. The number of hydrogen-bond acceptors (Lipinski definition) is 4. The van der Waals surface area contributed by atoms with E-state index in [1.54, 1.807) is 0 Å². The normalized spacial score (nSPS) is 10.5. The van der Waals surface area contributed by atoms with E-state index in [0.717, 1.165) is 23.6 Å². The van der Waals surface area contributed by atoms with Gasteiger partial charge in [-0.05, 0) is 20.8 Å². The van der Waals surface area contributed by atoms with E-state index in [4.69, 9.17) is 4.74 Å². The summed E-state index contributed by atoms with van der Waals surface area (Å²) in [6, 6.07) is 0. The Balaban J connectivity index is 3.12. The predicted octanol–water partition coefficient (Wildman–Crippen LogP) is 2.18. The highest BCUT2D eigenvalue weighted by molar-refractivity contribution is 5.48. The van der Waals surface area contributed by atoms with Gasteiger partial charge >= 0.3 is 0 Å². The van der Waals surface area contributed by atoms with E-state index in [0.29, 0.717) is 5.88 Å². The number of rotatable bonds is 4. The molecule has 0 aliphatic rings. The van der Waals surface area contributed by atoms with Crippen LogP contribution < -0.4 is 10.1 Å². The van der Waals surface area contributed by atoms with Gasteiger partial charge in [-0.3, -0.25) is 0 Å². The Bertz CT molecular complexity index is 337. The lowest BCUT2D eigenvalue weighted by molar-refractivity contribution is 0.230. The molecular weight excluding hydrogens is 190 g/mol. The minimum Gasteiger partial charge on any atom is -0.475 e. The number of ether oxygens (including phenoxy) is 1. The molecule has 0 atom stereocenters. The molecule has 1 aromatic rings. The highest BCUT2D eigenvalue weighted by atomic mass is 16.5. The van der Waals surface area contributed by atoms with Crippen LogP contribution in [0.15, 0.2) is 0 Å².